The van der Waals surface area contributed by atoms with Crippen LogP contribution in [0.2, 0.25) is 0 Å². The maximum Gasteiger partial charge on any atom is 0.120 e. The Bertz CT molecular complexity index is 1100. The van der Waals surface area contributed by atoms with Crippen molar-refractivity contribution in [3.05, 3.63) is 12.2 Å². The van der Waals surface area contributed by atoms with Crippen LogP contribution >= 0.6 is 12.4 Å². The third-order valence-electron chi connectivity index (χ3n) is 15.5. The van der Waals surface area contributed by atoms with Crippen LogP contribution in [-0.2, 0) is 0 Å². The molecular formula is C39H66ClNO2. The third-order valence-corrected chi connectivity index (χ3v) is 15.5. The molecule has 0 aromatic carbocycles. The molecular weight excluding hydrogens is 550 g/mol. The topological polar surface area (TPSA) is 43.7 Å². The van der Waals surface area contributed by atoms with Gasteiger partial charge in [0.15, 0.2) is 0 Å². The molecule has 5 fully saturated rings. The second-order valence-corrected chi connectivity index (χ2v) is 17.9. The molecule has 5 rings (SSSR count). The lowest BCUT2D eigenvalue weighted by molar-refractivity contribution is -0.251. The molecule has 0 radical (unpaired) electrons. The lowest BCUT2D eigenvalue weighted by Crippen LogP contribution is -2.67. The highest BCUT2D eigenvalue weighted by Gasteiger charge is 2.71. The van der Waals surface area contributed by atoms with Crippen LogP contribution in [0.3, 0.4) is 0 Å². The number of aliphatic hydroxyl groups is 2. The molecule has 11 atom stereocenters. The standard InChI is InChI=1S/C39H65NO2.ClH/c1-25(2)28-16-21-39(33(42)13-12-24-40(26(3)4)27(5)6)23-22-37(10)29(34(28)39)14-15-31-36(9)19-18-32(41)35(7,8)30(36)17-20-38(31,37)11;/h26-34,41-42H,1,14-24H2,2-11H3;1H/t28-,29+,30-,31+,32-,33+,34+,36-,37+,38+,39+;/m0./s1. The Kier molecular flexibility index (Phi) is 9.80. The van der Waals surface area contributed by atoms with Crippen LogP contribution in [0.15, 0.2) is 12.2 Å². The highest BCUT2D eigenvalue weighted by Crippen LogP contribution is 2.77. The number of halogens is 1. The van der Waals surface area contributed by atoms with Crippen molar-refractivity contribution in [1.82, 2.24) is 4.90 Å². The van der Waals surface area contributed by atoms with Crippen LogP contribution in [0.5, 0.6) is 0 Å². The van der Waals surface area contributed by atoms with Gasteiger partial charge in [-0.25, -0.2) is 0 Å². The summed E-state index contributed by atoms with van der Waals surface area (Å²) in [6.07, 6.45) is 11.0. The van der Waals surface area contributed by atoms with Crippen molar-refractivity contribution in [2.24, 2.45) is 56.7 Å². The number of hydrogen-bond acceptors (Lipinski definition) is 3. The van der Waals surface area contributed by atoms with Gasteiger partial charge < -0.3 is 10.2 Å². The van der Waals surface area contributed by atoms with E-state index < -0.39 is 6.10 Å². The van der Waals surface area contributed by atoms with E-state index in [-0.39, 0.29) is 34.8 Å². The highest BCUT2D eigenvalue weighted by molar-refractivity contribution is 5.85. The van der Waals surface area contributed by atoms with Crippen LogP contribution in [0, 0.1) is 68.5 Å². The largest absolute Gasteiger partial charge is 0.393 e. The second kappa shape index (κ2) is 11.9. The van der Waals surface area contributed by atoms with Crippen molar-refractivity contribution < 1.29 is 10.2 Å². The fourth-order valence-electron chi connectivity index (χ4n) is 13.0. The Morgan fingerprint density at radius 3 is 2.09 bits per heavy atom. The number of hydrogen-bond donors (Lipinski definition) is 2. The lowest BCUT2D eigenvalue weighted by atomic mass is 9.32. The molecule has 0 spiro atoms. The molecule has 0 heterocycles. The molecule has 4 heteroatoms. The monoisotopic (exact) mass is 615 g/mol. The lowest BCUT2D eigenvalue weighted by Gasteiger charge is -2.73. The summed E-state index contributed by atoms with van der Waals surface area (Å²) < 4.78 is 0. The maximum atomic E-state index is 12.0. The van der Waals surface area contributed by atoms with Crippen LogP contribution in [-0.4, -0.2) is 45.9 Å². The molecule has 0 aromatic heterocycles. The molecule has 2 N–H and O–H groups in total. The van der Waals surface area contributed by atoms with Crippen molar-refractivity contribution in [1.29, 1.82) is 0 Å². The summed E-state index contributed by atoms with van der Waals surface area (Å²) in [5, 5.41) is 23.1. The summed E-state index contributed by atoms with van der Waals surface area (Å²) in [5.41, 5.74) is 2.06. The fourth-order valence-corrected chi connectivity index (χ4v) is 13.0. The quantitative estimate of drug-likeness (QED) is 0.240. The van der Waals surface area contributed by atoms with Crippen molar-refractivity contribution >= 4 is 12.4 Å². The van der Waals surface area contributed by atoms with E-state index in [4.69, 9.17) is 0 Å². The molecule has 0 bridgehead atoms. The van der Waals surface area contributed by atoms with E-state index in [0.29, 0.717) is 52.5 Å². The number of rotatable bonds is 5. The van der Waals surface area contributed by atoms with Gasteiger partial charge in [0.25, 0.3) is 0 Å². The number of aliphatic hydroxyl groups excluding tert-OH is 2. The van der Waals surface area contributed by atoms with Gasteiger partial charge >= 0.3 is 0 Å². The Balaban J connectivity index is 0.00000423. The van der Waals surface area contributed by atoms with Gasteiger partial charge in [-0.15, -0.1) is 12.4 Å². The first-order chi connectivity index (χ1) is 19.5. The predicted octanol–water partition coefficient (Wildman–Crippen LogP) is 8.91. The van der Waals surface area contributed by atoms with Gasteiger partial charge in [-0.2, -0.15) is 0 Å². The van der Waals surface area contributed by atoms with Crippen molar-refractivity contribution in [3.63, 3.8) is 0 Å². The van der Waals surface area contributed by atoms with E-state index in [1.807, 2.05) is 0 Å². The van der Waals surface area contributed by atoms with Crippen molar-refractivity contribution in [2.75, 3.05) is 6.54 Å². The molecule has 0 aliphatic heterocycles. The van der Waals surface area contributed by atoms with Gasteiger partial charge in [0.1, 0.15) is 6.10 Å². The molecule has 5 saturated carbocycles. The van der Waals surface area contributed by atoms with Crippen LogP contribution in [0.25, 0.3) is 0 Å². The van der Waals surface area contributed by atoms with E-state index in [0.717, 1.165) is 32.2 Å². The zero-order valence-corrected chi connectivity index (χ0v) is 30.2. The first-order valence-electron chi connectivity index (χ1n) is 17.7. The molecule has 0 unspecified atom stereocenters. The summed E-state index contributed by atoms with van der Waals surface area (Å²) in [7, 11) is 0. The van der Waals surface area contributed by atoms with E-state index in [1.54, 1.807) is 0 Å². The second-order valence-electron chi connectivity index (χ2n) is 17.9. The molecule has 43 heavy (non-hydrogen) atoms. The van der Waals surface area contributed by atoms with Gasteiger partial charge in [0.2, 0.25) is 0 Å². The average Bonchev–Trinajstić information content (AvgIpc) is 3.30. The predicted molar refractivity (Wildman–Crippen MR) is 183 cm³/mol. The van der Waals surface area contributed by atoms with Gasteiger partial charge in [0.05, 0.1) is 12.6 Å². The molecule has 5 aliphatic carbocycles. The summed E-state index contributed by atoms with van der Waals surface area (Å²) in [6, 6.07) is 0.894. The minimum absolute atomic E-state index is 0. The summed E-state index contributed by atoms with van der Waals surface area (Å²) in [5.74, 6) is 9.79. The smallest absolute Gasteiger partial charge is 0.120 e. The number of allylic oxidation sites excluding steroid dienone is 1. The van der Waals surface area contributed by atoms with E-state index >= 15 is 0 Å². The van der Waals surface area contributed by atoms with Gasteiger partial charge in [-0.1, -0.05) is 58.6 Å². The molecule has 0 aromatic rings. The van der Waals surface area contributed by atoms with E-state index in [1.165, 1.54) is 44.1 Å². The van der Waals surface area contributed by atoms with Crippen LogP contribution in [0.1, 0.15) is 133 Å². The first-order valence-corrected chi connectivity index (χ1v) is 17.7. The van der Waals surface area contributed by atoms with Crippen molar-refractivity contribution in [2.45, 2.75) is 158 Å². The van der Waals surface area contributed by atoms with Gasteiger partial charge in [-0.3, -0.25) is 4.90 Å². The van der Waals surface area contributed by atoms with Gasteiger partial charge in [-0.05, 0) is 150 Å². The fraction of sp³-hybridized carbons (Fsp3) is 0.897. The molecule has 0 saturated heterocycles. The van der Waals surface area contributed by atoms with Crippen molar-refractivity contribution in [3.8, 4) is 11.8 Å². The minimum atomic E-state index is -0.558. The zero-order valence-electron chi connectivity index (χ0n) is 29.4. The Morgan fingerprint density at radius 1 is 0.837 bits per heavy atom. The minimum Gasteiger partial charge on any atom is -0.393 e. The normalized spacial score (nSPS) is 45.7. The van der Waals surface area contributed by atoms with Crippen LogP contribution < -0.4 is 0 Å². The number of nitrogens with zero attached hydrogens (tertiary/aromatic N) is 1. The molecule has 246 valence electrons. The summed E-state index contributed by atoms with van der Waals surface area (Å²) >= 11 is 0. The maximum absolute atomic E-state index is 12.0. The SMILES string of the molecule is C=C(C)[C@@H]1CC[C@]2([C@H](O)C#CCN(C(C)C)C(C)C)CC[C@]3(C)[C@H](CC[C@@H]4[C@@]5(C)CC[C@H](O)C(C)(C)[C@@H]5CC[C@]43C)[C@@H]12.Cl. The molecule has 0 amide bonds. The Labute approximate surface area is 271 Å². The first kappa shape index (κ1) is 35.3. The highest BCUT2D eigenvalue weighted by atomic mass is 35.5. The number of fused-ring (bicyclic) bond motifs is 7. The van der Waals surface area contributed by atoms with E-state index in [9.17, 15) is 10.2 Å². The van der Waals surface area contributed by atoms with Gasteiger partial charge in [0, 0.05) is 17.5 Å². The third kappa shape index (κ3) is 5.11. The Hall–Kier alpha value is -0.530. The summed E-state index contributed by atoms with van der Waals surface area (Å²) in [4.78, 5) is 2.42. The zero-order chi connectivity index (χ0) is 31.0. The molecule has 5 aliphatic rings. The van der Waals surface area contributed by atoms with Crippen LogP contribution in [0.4, 0.5) is 0 Å². The average molecular weight is 616 g/mol. The molecule has 3 nitrogen and oxygen atoms in total. The van der Waals surface area contributed by atoms with E-state index in [2.05, 4.69) is 92.6 Å². The Morgan fingerprint density at radius 2 is 1.49 bits per heavy atom. The summed E-state index contributed by atoms with van der Waals surface area (Å²) in [6.45, 7) is 29.2.